The first-order valence-corrected chi connectivity index (χ1v) is 9.50. The number of ether oxygens (including phenoxy) is 1. The zero-order valence-electron chi connectivity index (χ0n) is 15.6. The van der Waals surface area contributed by atoms with E-state index in [0.717, 1.165) is 44.8 Å². The van der Waals surface area contributed by atoms with Gasteiger partial charge >= 0.3 is 0 Å². The van der Waals surface area contributed by atoms with Crippen LogP contribution >= 0.6 is 0 Å². The van der Waals surface area contributed by atoms with Gasteiger partial charge < -0.3 is 15.4 Å². The van der Waals surface area contributed by atoms with Crippen LogP contribution in [0, 0.1) is 0 Å². The Kier molecular flexibility index (Phi) is 6.32. The highest BCUT2D eigenvalue weighted by atomic mass is 16.5. The van der Waals surface area contributed by atoms with Crippen LogP contribution in [0.2, 0.25) is 0 Å². The van der Waals surface area contributed by atoms with Crippen LogP contribution < -0.4 is 10.6 Å². The van der Waals surface area contributed by atoms with Crippen molar-refractivity contribution in [2.45, 2.75) is 37.1 Å². The Hall–Kier alpha value is -1.59. The van der Waals surface area contributed by atoms with Gasteiger partial charge in [0.05, 0.1) is 6.61 Å². The van der Waals surface area contributed by atoms with Crippen LogP contribution in [-0.2, 0) is 10.2 Å². The molecule has 0 radical (unpaired) electrons. The third kappa shape index (κ3) is 5.19. The first-order valence-electron chi connectivity index (χ1n) is 9.50. The van der Waals surface area contributed by atoms with E-state index in [0.29, 0.717) is 5.41 Å². The van der Waals surface area contributed by atoms with Crippen molar-refractivity contribution in [1.29, 1.82) is 0 Å². The lowest BCUT2D eigenvalue weighted by atomic mass is 9.96. The molecule has 0 aliphatic heterocycles. The maximum atomic E-state index is 5.23. The third-order valence-electron chi connectivity index (χ3n) is 5.39. The molecule has 0 amide bonds. The van der Waals surface area contributed by atoms with Crippen LogP contribution in [0.3, 0.4) is 0 Å². The maximum absolute atomic E-state index is 5.23. The first-order chi connectivity index (χ1) is 12.3. The highest BCUT2D eigenvalue weighted by molar-refractivity contribution is 5.79. The summed E-state index contributed by atoms with van der Waals surface area (Å²) >= 11 is 0. The van der Waals surface area contributed by atoms with Gasteiger partial charge in [0.2, 0.25) is 0 Å². The number of benzene rings is 1. The standard InChI is InChI=1S/C20H32N4O/c1-21-19(22-12-13-24(14-15-25-2)18-8-9-18)23-16-20(10-11-20)17-6-4-3-5-7-17/h3-7,18H,8-16H2,1-2H3,(H2,21,22,23). The Bertz CT molecular complexity index is 552. The molecule has 0 atom stereocenters. The second-order valence-electron chi connectivity index (χ2n) is 7.26. The summed E-state index contributed by atoms with van der Waals surface area (Å²) in [7, 11) is 3.62. The van der Waals surface area contributed by atoms with Gasteiger partial charge in [-0.15, -0.1) is 0 Å². The zero-order chi connectivity index (χ0) is 17.5. The van der Waals surface area contributed by atoms with Crippen molar-refractivity contribution in [2.24, 2.45) is 4.99 Å². The van der Waals surface area contributed by atoms with E-state index in [1.165, 1.54) is 31.2 Å². The molecule has 138 valence electrons. The Labute approximate surface area is 151 Å². The van der Waals surface area contributed by atoms with Gasteiger partial charge in [0.15, 0.2) is 5.96 Å². The lowest BCUT2D eigenvalue weighted by Crippen LogP contribution is -2.44. The molecule has 3 rings (SSSR count). The Balaban J connectivity index is 1.41. The molecular formula is C20H32N4O. The van der Waals surface area contributed by atoms with Crippen LogP contribution in [-0.4, -0.2) is 63.8 Å². The Morgan fingerprint density at radius 1 is 1.20 bits per heavy atom. The summed E-state index contributed by atoms with van der Waals surface area (Å²) < 4.78 is 5.23. The molecule has 2 saturated carbocycles. The minimum Gasteiger partial charge on any atom is -0.383 e. The molecule has 0 bridgehead atoms. The number of hydrogen-bond acceptors (Lipinski definition) is 3. The summed E-state index contributed by atoms with van der Waals surface area (Å²) in [4.78, 5) is 6.91. The van der Waals surface area contributed by atoms with Gasteiger partial charge in [-0.2, -0.15) is 0 Å². The molecular weight excluding hydrogens is 312 g/mol. The van der Waals surface area contributed by atoms with Crippen LogP contribution in [0.15, 0.2) is 35.3 Å². The minimum atomic E-state index is 0.303. The average molecular weight is 345 g/mol. The average Bonchev–Trinajstić information content (AvgIpc) is 3.56. The molecule has 0 saturated heterocycles. The van der Waals surface area contributed by atoms with Crippen molar-refractivity contribution in [1.82, 2.24) is 15.5 Å². The molecule has 5 nitrogen and oxygen atoms in total. The molecule has 1 aromatic rings. The fourth-order valence-corrected chi connectivity index (χ4v) is 3.43. The Morgan fingerprint density at radius 3 is 2.56 bits per heavy atom. The van der Waals surface area contributed by atoms with E-state index in [1.807, 2.05) is 7.05 Å². The highest BCUT2D eigenvalue weighted by Crippen LogP contribution is 2.47. The third-order valence-corrected chi connectivity index (χ3v) is 5.39. The number of hydrogen-bond donors (Lipinski definition) is 2. The molecule has 1 aromatic carbocycles. The molecule has 2 aliphatic rings. The summed E-state index contributed by atoms with van der Waals surface area (Å²) in [5, 5.41) is 7.00. The van der Waals surface area contributed by atoms with Gasteiger partial charge in [-0.25, -0.2) is 0 Å². The molecule has 0 unspecified atom stereocenters. The van der Waals surface area contributed by atoms with E-state index in [2.05, 4.69) is 50.9 Å². The number of aliphatic imine (C=N–C) groups is 1. The van der Waals surface area contributed by atoms with Crippen LogP contribution in [0.25, 0.3) is 0 Å². The fourth-order valence-electron chi connectivity index (χ4n) is 3.43. The predicted octanol–water partition coefficient (Wildman–Crippen LogP) is 1.99. The first kappa shape index (κ1) is 18.2. The maximum Gasteiger partial charge on any atom is 0.191 e. The number of guanidine groups is 1. The number of nitrogens with zero attached hydrogens (tertiary/aromatic N) is 2. The zero-order valence-corrected chi connectivity index (χ0v) is 15.6. The van der Waals surface area contributed by atoms with Crippen molar-refractivity contribution >= 4 is 5.96 Å². The van der Waals surface area contributed by atoms with Crippen molar-refractivity contribution in [3.8, 4) is 0 Å². The molecule has 2 N–H and O–H groups in total. The van der Waals surface area contributed by atoms with E-state index < -0.39 is 0 Å². The summed E-state index contributed by atoms with van der Waals surface area (Å²) in [5.74, 6) is 0.907. The molecule has 0 spiro atoms. The number of methoxy groups -OCH3 is 1. The lowest BCUT2D eigenvalue weighted by Gasteiger charge is -2.23. The van der Waals surface area contributed by atoms with E-state index in [-0.39, 0.29) is 0 Å². The van der Waals surface area contributed by atoms with Crippen molar-refractivity contribution < 1.29 is 4.74 Å². The molecule has 0 heterocycles. The quantitative estimate of drug-likeness (QED) is 0.503. The predicted molar refractivity (Wildman–Crippen MR) is 103 cm³/mol. The van der Waals surface area contributed by atoms with Crippen LogP contribution in [0.1, 0.15) is 31.2 Å². The van der Waals surface area contributed by atoms with Crippen LogP contribution in [0.5, 0.6) is 0 Å². The topological polar surface area (TPSA) is 48.9 Å². The largest absolute Gasteiger partial charge is 0.383 e. The fraction of sp³-hybridized carbons (Fsp3) is 0.650. The second kappa shape index (κ2) is 8.68. The SMILES string of the molecule is CN=C(NCCN(CCOC)C1CC1)NCC1(c2ccccc2)CC1. The monoisotopic (exact) mass is 344 g/mol. The minimum absolute atomic E-state index is 0.303. The van der Waals surface area contributed by atoms with Gasteiger partial charge in [-0.1, -0.05) is 30.3 Å². The van der Waals surface area contributed by atoms with Crippen molar-refractivity contribution in [3.05, 3.63) is 35.9 Å². The van der Waals surface area contributed by atoms with Gasteiger partial charge in [0.25, 0.3) is 0 Å². The van der Waals surface area contributed by atoms with Crippen molar-refractivity contribution in [2.75, 3.05) is 46.9 Å². The van der Waals surface area contributed by atoms with E-state index in [1.54, 1.807) is 7.11 Å². The molecule has 0 aromatic heterocycles. The van der Waals surface area contributed by atoms with E-state index >= 15 is 0 Å². The normalized spacial score (nSPS) is 19.1. The van der Waals surface area contributed by atoms with Gasteiger partial charge in [-0.3, -0.25) is 9.89 Å². The smallest absolute Gasteiger partial charge is 0.191 e. The summed E-state index contributed by atoms with van der Waals surface area (Å²) in [6.45, 7) is 4.73. The van der Waals surface area contributed by atoms with Gasteiger partial charge in [0.1, 0.15) is 0 Å². The van der Waals surface area contributed by atoms with Gasteiger partial charge in [0, 0.05) is 51.8 Å². The molecule has 5 heteroatoms. The van der Waals surface area contributed by atoms with E-state index in [4.69, 9.17) is 4.74 Å². The molecule has 2 aliphatic carbocycles. The lowest BCUT2D eigenvalue weighted by molar-refractivity contribution is 0.144. The molecule has 25 heavy (non-hydrogen) atoms. The van der Waals surface area contributed by atoms with Crippen molar-refractivity contribution in [3.63, 3.8) is 0 Å². The summed E-state index contributed by atoms with van der Waals surface area (Å²) in [6, 6.07) is 11.6. The summed E-state index contributed by atoms with van der Waals surface area (Å²) in [5.41, 5.74) is 1.75. The van der Waals surface area contributed by atoms with Gasteiger partial charge in [-0.05, 0) is 31.2 Å². The second-order valence-corrected chi connectivity index (χ2v) is 7.26. The van der Waals surface area contributed by atoms with Crippen LogP contribution in [0.4, 0.5) is 0 Å². The number of nitrogens with one attached hydrogen (secondary N) is 2. The number of rotatable bonds is 10. The molecule has 2 fully saturated rings. The van der Waals surface area contributed by atoms with E-state index in [9.17, 15) is 0 Å². The summed E-state index contributed by atoms with van der Waals surface area (Å²) in [6.07, 6.45) is 5.17. The Morgan fingerprint density at radius 2 is 1.96 bits per heavy atom. The highest BCUT2D eigenvalue weighted by Gasteiger charge is 2.44.